The van der Waals surface area contributed by atoms with Crippen molar-refractivity contribution in [3.8, 4) is 0 Å². The van der Waals surface area contributed by atoms with Crippen molar-refractivity contribution >= 4 is 20.6 Å². The Kier molecular flexibility index (Phi) is 15.3. The molecule has 1 aliphatic heterocycles. The van der Waals surface area contributed by atoms with Crippen molar-refractivity contribution in [1.29, 1.82) is 0 Å². The van der Waals surface area contributed by atoms with Crippen LogP contribution in [0.5, 0.6) is 0 Å². The van der Waals surface area contributed by atoms with E-state index in [9.17, 15) is 9.59 Å². The molecule has 1 aliphatic rings. The van der Waals surface area contributed by atoms with Crippen LogP contribution in [-0.4, -0.2) is 58.2 Å². The molecular formula is C31H56O6Si. The van der Waals surface area contributed by atoms with Crippen molar-refractivity contribution in [2.45, 2.75) is 142 Å². The van der Waals surface area contributed by atoms with Crippen molar-refractivity contribution in [2.24, 2.45) is 11.8 Å². The van der Waals surface area contributed by atoms with Gasteiger partial charge in [-0.2, -0.15) is 0 Å². The first-order valence-electron chi connectivity index (χ1n) is 14.5. The first-order valence-corrected chi connectivity index (χ1v) is 17.4. The van der Waals surface area contributed by atoms with E-state index >= 15 is 0 Å². The summed E-state index contributed by atoms with van der Waals surface area (Å²) >= 11 is 0. The number of carbonyl (C=O) groups is 2. The highest BCUT2D eigenvalue weighted by molar-refractivity contribution is 6.74. The van der Waals surface area contributed by atoms with Crippen LogP contribution in [0.2, 0.25) is 18.1 Å². The van der Waals surface area contributed by atoms with Crippen molar-refractivity contribution < 1.29 is 28.2 Å². The summed E-state index contributed by atoms with van der Waals surface area (Å²) in [6.07, 6.45) is 11.5. The highest BCUT2D eigenvalue weighted by atomic mass is 28.4. The highest BCUT2D eigenvalue weighted by Crippen LogP contribution is 2.38. The Morgan fingerprint density at radius 3 is 2.34 bits per heavy atom. The number of carbonyl (C=O) groups excluding carboxylic acids is 2. The molecule has 0 saturated carbocycles. The summed E-state index contributed by atoms with van der Waals surface area (Å²) in [7, 11) is -0.398. The van der Waals surface area contributed by atoms with Crippen LogP contribution in [-0.2, 0) is 28.2 Å². The number of allylic oxidation sites excluding steroid dienone is 1. The minimum absolute atomic E-state index is 0.0149. The topological polar surface area (TPSA) is 71.1 Å². The number of esters is 1. The standard InChI is InChI=1S/C31H56O6Si/c1-11-13-28(37-38(9,10)31(5,6)7)22-30(33)36-26(15-12-14-23(2)3)20-27-17-16-24(4)29(35-27)21-25(34-8)18-19-32/h11-12,15,19,23-29H,1,13-14,16-18,20-22H2,2-10H3/b15-12+/t24-,25-,26-,27-,28+,29+/m0/s1. The molecule has 7 heteroatoms. The normalized spacial score (nSPS) is 23.3. The van der Waals surface area contributed by atoms with Crippen LogP contribution in [0.25, 0.3) is 0 Å². The summed E-state index contributed by atoms with van der Waals surface area (Å²) in [6.45, 7) is 21.4. The molecule has 0 aromatic carbocycles. The van der Waals surface area contributed by atoms with Gasteiger partial charge in [-0.3, -0.25) is 4.79 Å². The van der Waals surface area contributed by atoms with E-state index in [4.69, 9.17) is 18.6 Å². The van der Waals surface area contributed by atoms with Gasteiger partial charge in [0.25, 0.3) is 0 Å². The van der Waals surface area contributed by atoms with Crippen LogP contribution in [0.1, 0.15) is 92.9 Å². The molecule has 1 heterocycles. The lowest BCUT2D eigenvalue weighted by atomic mass is 9.88. The van der Waals surface area contributed by atoms with E-state index in [1.165, 1.54) is 0 Å². The summed E-state index contributed by atoms with van der Waals surface area (Å²) in [5.74, 6) is 0.665. The van der Waals surface area contributed by atoms with Crippen molar-refractivity contribution in [3.63, 3.8) is 0 Å². The van der Waals surface area contributed by atoms with Crippen LogP contribution in [0, 0.1) is 11.8 Å². The molecule has 0 aliphatic carbocycles. The Hall–Kier alpha value is -1.28. The molecule has 6 nitrogen and oxygen atoms in total. The molecule has 0 aromatic rings. The molecule has 0 bridgehead atoms. The average molecular weight is 553 g/mol. The molecule has 1 fully saturated rings. The van der Waals surface area contributed by atoms with Gasteiger partial charge >= 0.3 is 5.97 Å². The van der Waals surface area contributed by atoms with Gasteiger partial charge in [-0.1, -0.05) is 53.7 Å². The third-order valence-electron chi connectivity index (χ3n) is 7.96. The summed E-state index contributed by atoms with van der Waals surface area (Å²) in [5.41, 5.74) is 0. The van der Waals surface area contributed by atoms with Gasteiger partial charge in [0.1, 0.15) is 12.4 Å². The zero-order valence-electron chi connectivity index (χ0n) is 25.7. The molecule has 0 aromatic heterocycles. The maximum absolute atomic E-state index is 13.1. The molecule has 220 valence electrons. The zero-order chi connectivity index (χ0) is 28.9. The van der Waals surface area contributed by atoms with E-state index in [1.807, 2.05) is 12.2 Å². The Morgan fingerprint density at radius 2 is 1.79 bits per heavy atom. The molecule has 1 saturated heterocycles. The van der Waals surface area contributed by atoms with Crippen LogP contribution in [0.15, 0.2) is 24.8 Å². The van der Waals surface area contributed by atoms with Gasteiger partial charge in [-0.25, -0.2) is 0 Å². The van der Waals surface area contributed by atoms with Gasteiger partial charge in [0.05, 0.1) is 30.8 Å². The van der Waals surface area contributed by atoms with Crippen LogP contribution < -0.4 is 0 Å². The molecular weight excluding hydrogens is 496 g/mol. The van der Waals surface area contributed by atoms with E-state index in [-0.39, 0.29) is 47.9 Å². The number of rotatable bonds is 17. The number of aldehydes is 1. The summed E-state index contributed by atoms with van der Waals surface area (Å²) in [4.78, 5) is 24.2. The first-order chi connectivity index (χ1) is 17.7. The molecule has 38 heavy (non-hydrogen) atoms. The lowest BCUT2D eigenvalue weighted by Gasteiger charge is -2.39. The number of ether oxygens (including phenoxy) is 3. The fraction of sp³-hybridized carbons (Fsp3) is 0.806. The molecule has 1 rings (SSSR count). The van der Waals surface area contributed by atoms with Crippen LogP contribution >= 0.6 is 0 Å². The number of methoxy groups -OCH3 is 1. The number of hydrogen-bond acceptors (Lipinski definition) is 6. The molecule has 0 spiro atoms. The van der Waals surface area contributed by atoms with E-state index in [1.54, 1.807) is 7.11 Å². The Balaban J connectivity index is 2.91. The number of hydrogen-bond donors (Lipinski definition) is 0. The van der Waals surface area contributed by atoms with Gasteiger partial charge < -0.3 is 23.4 Å². The Morgan fingerprint density at radius 1 is 1.11 bits per heavy atom. The first kappa shape index (κ1) is 34.7. The second kappa shape index (κ2) is 16.7. The van der Waals surface area contributed by atoms with E-state index in [2.05, 4.69) is 67.3 Å². The third kappa shape index (κ3) is 12.7. The second-order valence-electron chi connectivity index (χ2n) is 12.9. The lowest BCUT2D eigenvalue weighted by molar-refractivity contribution is -0.153. The van der Waals surface area contributed by atoms with Crippen molar-refractivity contribution in [3.05, 3.63) is 24.8 Å². The molecule has 0 unspecified atom stereocenters. The van der Waals surface area contributed by atoms with Crippen LogP contribution in [0.3, 0.4) is 0 Å². The van der Waals surface area contributed by atoms with Gasteiger partial charge in [-0.15, -0.1) is 6.58 Å². The van der Waals surface area contributed by atoms with E-state index in [0.29, 0.717) is 37.5 Å². The fourth-order valence-electron chi connectivity index (χ4n) is 4.48. The molecule has 0 amide bonds. The maximum atomic E-state index is 13.1. The predicted molar refractivity (Wildman–Crippen MR) is 158 cm³/mol. The van der Waals surface area contributed by atoms with E-state index < -0.39 is 8.32 Å². The van der Waals surface area contributed by atoms with E-state index in [0.717, 1.165) is 25.5 Å². The summed E-state index contributed by atoms with van der Waals surface area (Å²) < 4.78 is 24.6. The Bertz CT molecular complexity index is 741. The monoisotopic (exact) mass is 552 g/mol. The molecule has 0 radical (unpaired) electrons. The van der Waals surface area contributed by atoms with Gasteiger partial charge in [0.15, 0.2) is 8.32 Å². The molecule has 0 N–H and O–H groups in total. The smallest absolute Gasteiger partial charge is 0.308 e. The van der Waals surface area contributed by atoms with Crippen molar-refractivity contribution in [1.82, 2.24) is 0 Å². The van der Waals surface area contributed by atoms with Gasteiger partial charge in [-0.05, 0) is 61.7 Å². The molecule has 6 atom stereocenters. The quantitative estimate of drug-likeness (QED) is 0.0809. The minimum atomic E-state index is -2.04. The third-order valence-corrected chi connectivity index (χ3v) is 12.5. The fourth-order valence-corrected chi connectivity index (χ4v) is 5.85. The Labute approximate surface area is 234 Å². The summed E-state index contributed by atoms with van der Waals surface area (Å²) in [5, 5.41) is 0.0536. The van der Waals surface area contributed by atoms with Gasteiger partial charge in [0, 0.05) is 26.4 Å². The second-order valence-corrected chi connectivity index (χ2v) is 17.7. The maximum Gasteiger partial charge on any atom is 0.308 e. The largest absolute Gasteiger partial charge is 0.458 e. The van der Waals surface area contributed by atoms with Crippen LogP contribution in [0.4, 0.5) is 0 Å². The minimum Gasteiger partial charge on any atom is -0.458 e. The van der Waals surface area contributed by atoms with Crippen molar-refractivity contribution in [2.75, 3.05) is 7.11 Å². The van der Waals surface area contributed by atoms with Gasteiger partial charge in [0.2, 0.25) is 0 Å². The zero-order valence-corrected chi connectivity index (χ0v) is 26.7. The highest BCUT2D eigenvalue weighted by Gasteiger charge is 2.39. The SMILES string of the molecule is C=CC[C@H](CC(=O)O[C@@H](/C=C/CC(C)C)C[C@@H]1CC[C@H](C)[C@@H](C[C@H](CC=O)OC)O1)O[Si](C)(C)C(C)(C)C. The average Bonchev–Trinajstić information content (AvgIpc) is 2.79. The summed E-state index contributed by atoms with van der Waals surface area (Å²) in [6, 6.07) is 0. The predicted octanol–water partition coefficient (Wildman–Crippen LogP) is 7.43. The lowest BCUT2D eigenvalue weighted by Crippen LogP contribution is -2.44.